The molecule has 2 heterocycles. The Bertz CT molecular complexity index is 643. The molecule has 0 aliphatic carbocycles. The minimum atomic E-state index is -0.444. The lowest BCUT2D eigenvalue weighted by Crippen LogP contribution is -2.50. The normalized spacial score (nSPS) is 19.3. The first-order valence-corrected chi connectivity index (χ1v) is 10.2. The quantitative estimate of drug-likeness (QED) is 0.743. The summed E-state index contributed by atoms with van der Waals surface area (Å²) < 4.78 is 5.36. The molecule has 0 spiro atoms. The van der Waals surface area contributed by atoms with Crippen LogP contribution in [0.1, 0.15) is 38.2 Å². The molecule has 1 saturated heterocycles. The average molecular weight is 373 g/mol. The Labute approximate surface area is 161 Å². The van der Waals surface area contributed by atoms with Crippen molar-refractivity contribution in [3.05, 3.63) is 29.8 Å². The molecule has 0 bridgehead atoms. The molecule has 148 valence electrons. The summed E-state index contributed by atoms with van der Waals surface area (Å²) in [6.45, 7) is 7.08. The van der Waals surface area contributed by atoms with E-state index in [-0.39, 0.29) is 11.8 Å². The lowest BCUT2D eigenvalue weighted by molar-refractivity contribution is -0.126. The van der Waals surface area contributed by atoms with E-state index in [0.29, 0.717) is 19.4 Å². The third kappa shape index (κ3) is 5.08. The standard InChI is InChI=1S/C21H31N3O3/c1-2-18(21(26)22-11-6-12-23-13-15-27-16-14-23)24-19-9-4-3-7-17(19)8-5-10-20(24)25/h3-4,7,9,18H,2,5-6,8,10-16H2,1H3,(H,22,26)/t18-/m1/s1. The zero-order valence-corrected chi connectivity index (χ0v) is 16.3. The van der Waals surface area contributed by atoms with Gasteiger partial charge in [0.1, 0.15) is 6.04 Å². The molecule has 2 amide bonds. The van der Waals surface area contributed by atoms with Crippen LogP contribution < -0.4 is 10.2 Å². The van der Waals surface area contributed by atoms with Crippen LogP contribution in [0.4, 0.5) is 5.69 Å². The van der Waals surface area contributed by atoms with Crippen LogP contribution in [-0.4, -0.2) is 62.1 Å². The molecule has 2 aliphatic heterocycles. The Morgan fingerprint density at radius 3 is 2.78 bits per heavy atom. The van der Waals surface area contributed by atoms with Crippen molar-refractivity contribution in [3.63, 3.8) is 0 Å². The highest BCUT2D eigenvalue weighted by Gasteiger charge is 2.32. The summed E-state index contributed by atoms with van der Waals surface area (Å²) in [5, 5.41) is 3.05. The molecule has 3 rings (SSSR count). The van der Waals surface area contributed by atoms with Crippen molar-refractivity contribution in [2.45, 2.75) is 45.1 Å². The molecule has 6 nitrogen and oxygen atoms in total. The zero-order chi connectivity index (χ0) is 19.1. The fourth-order valence-electron chi connectivity index (χ4n) is 3.93. The van der Waals surface area contributed by atoms with Gasteiger partial charge in [0.05, 0.1) is 13.2 Å². The van der Waals surface area contributed by atoms with Gasteiger partial charge in [0.15, 0.2) is 0 Å². The van der Waals surface area contributed by atoms with Gasteiger partial charge >= 0.3 is 0 Å². The van der Waals surface area contributed by atoms with E-state index in [2.05, 4.69) is 16.3 Å². The number of hydrogen-bond donors (Lipinski definition) is 1. The summed E-state index contributed by atoms with van der Waals surface area (Å²) in [5.74, 6) is -0.000188. The number of nitrogens with one attached hydrogen (secondary N) is 1. The van der Waals surface area contributed by atoms with Crippen molar-refractivity contribution in [2.24, 2.45) is 0 Å². The molecule has 1 aromatic carbocycles. The number of anilines is 1. The average Bonchev–Trinajstić information content (AvgIpc) is 2.86. The second-order valence-electron chi connectivity index (χ2n) is 7.27. The first-order chi connectivity index (χ1) is 13.2. The molecule has 0 radical (unpaired) electrons. The van der Waals surface area contributed by atoms with Gasteiger partial charge in [-0.1, -0.05) is 25.1 Å². The number of amides is 2. The van der Waals surface area contributed by atoms with Crippen LogP contribution in [0.15, 0.2) is 24.3 Å². The number of nitrogens with zero attached hydrogens (tertiary/aromatic N) is 2. The van der Waals surface area contributed by atoms with E-state index in [4.69, 9.17) is 4.74 Å². The van der Waals surface area contributed by atoms with E-state index in [0.717, 1.165) is 63.4 Å². The SMILES string of the molecule is CC[C@H](C(=O)NCCCN1CCOCC1)N1C(=O)CCCc2ccccc21. The van der Waals surface area contributed by atoms with Gasteiger partial charge in [-0.25, -0.2) is 0 Å². The van der Waals surface area contributed by atoms with Crippen molar-refractivity contribution in [3.8, 4) is 0 Å². The third-order valence-electron chi connectivity index (χ3n) is 5.41. The van der Waals surface area contributed by atoms with Gasteiger partial charge in [-0.2, -0.15) is 0 Å². The minimum Gasteiger partial charge on any atom is -0.379 e. The lowest BCUT2D eigenvalue weighted by atomic mass is 10.1. The molecule has 0 aromatic heterocycles. The van der Waals surface area contributed by atoms with E-state index in [1.807, 2.05) is 25.1 Å². The largest absolute Gasteiger partial charge is 0.379 e. The van der Waals surface area contributed by atoms with Gasteiger partial charge in [0.25, 0.3) is 0 Å². The number of para-hydroxylation sites is 1. The first kappa shape index (κ1) is 19.8. The van der Waals surface area contributed by atoms with Crippen LogP contribution in [0.25, 0.3) is 0 Å². The number of carbonyl (C=O) groups is 2. The highest BCUT2D eigenvalue weighted by Crippen LogP contribution is 2.29. The number of ether oxygens (including phenoxy) is 1. The molecule has 1 fully saturated rings. The molecular weight excluding hydrogens is 342 g/mol. The predicted molar refractivity (Wildman–Crippen MR) is 106 cm³/mol. The van der Waals surface area contributed by atoms with Crippen LogP contribution in [0, 0.1) is 0 Å². The van der Waals surface area contributed by atoms with Gasteiger partial charge in [0, 0.05) is 31.7 Å². The van der Waals surface area contributed by atoms with Crippen LogP contribution >= 0.6 is 0 Å². The fraction of sp³-hybridized carbons (Fsp3) is 0.619. The summed E-state index contributed by atoms with van der Waals surface area (Å²) >= 11 is 0. The van der Waals surface area contributed by atoms with Gasteiger partial charge in [-0.15, -0.1) is 0 Å². The maximum Gasteiger partial charge on any atom is 0.243 e. The van der Waals surface area contributed by atoms with E-state index >= 15 is 0 Å². The van der Waals surface area contributed by atoms with E-state index in [9.17, 15) is 9.59 Å². The number of fused-ring (bicyclic) bond motifs is 1. The monoisotopic (exact) mass is 373 g/mol. The summed E-state index contributed by atoms with van der Waals surface area (Å²) in [4.78, 5) is 29.7. The van der Waals surface area contributed by atoms with Crippen molar-refractivity contribution in [1.29, 1.82) is 0 Å². The predicted octanol–water partition coefficient (Wildman–Crippen LogP) is 1.97. The Morgan fingerprint density at radius 2 is 2.00 bits per heavy atom. The number of hydrogen-bond acceptors (Lipinski definition) is 4. The summed E-state index contributed by atoms with van der Waals surface area (Å²) in [6.07, 6.45) is 3.73. The molecule has 2 aliphatic rings. The maximum absolute atomic E-state index is 12.9. The number of morpholine rings is 1. The van der Waals surface area contributed by atoms with Gasteiger partial charge in [-0.3, -0.25) is 19.4 Å². The highest BCUT2D eigenvalue weighted by molar-refractivity contribution is 6.01. The number of benzene rings is 1. The molecule has 1 N–H and O–H groups in total. The topological polar surface area (TPSA) is 61.9 Å². The highest BCUT2D eigenvalue weighted by atomic mass is 16.5. The Balaban J connectivity index is 1.59. The zero-order valence-electron chi connectivity index (χ0n) is 16.3. The molecule has 0 unspecified atom stereocenters. The molecule has 27 heavy (non-hydrogen) atoms. The van der Waals surface area contributed by atoms with Gasteiger partial charge in [-0.05, 0) is 43.9 Å². The second-order valence-corrected chi connectivity index (χ2v) is 7.27. The van der Waals surface area contributed by atoms with Crippen LogP contribution in [0.2, 0.25) is 0 Å². The third-order valence-corrected chi connectivity index (χ3v) is 5.41. The van der Waals surface area contributed by atoms with Crippen molar-refractivity contribution >= 4 is 17.5 Å². The van der Waals surface area contributed by atoms with Crippen LogP contribution in [-0.2, 0) is 20.7 Å². The van der Waals surface area contributed by atoms with Crippen LogP contribution in [0.3, 0.4) is 0 Å². The van der Waals surface area contributed by atoms with E-state index in [1.165, 1.54) is 0 Å². The lowest BCUT2D eigenvalue weighted by Gasteiger charge is -2.31. The Kier molecular flexibility index (Phi) is 7.24. The van der Waals surface area contributed by atoms with Gasteiger partial charge in [0.2, 0.25) is 11.8 Å². The Morgan fingerprint density at radius 1 is 1.22 bits per heavy atom. The number of aryl methyl sites for hydroxylation is 1. The van der Waals surface area contributed by atoms with E-state index in [1.54, 1.807) is 4.90 Å². The second kappa shape index (κ2) is 9.85. The van der Waals surface area contributed by atoms with Crippen molar-refractivity contribution in [1.82, 2.24) is 10.2 Å². The van der Waals surface area contributed by atoms with Crippen molar-refractivity contribution < 1.29 is 14.3 Å². The number of rotatable bonds is 7. The molecular formula is C21H31N3O3. The first-order valence-electron chi connectivity index (χ1n) is 10.2. The maximum atomic E-state index is 12.9. The summed E-state index contributed by atoms with van der Waals surface area (Å²) in [6, 6.07) is 7.53. The Hall–Kier alpha value is -1.92. The smallest absolute Gasteiger partial charge is 0.243 e. The van der Waals surface area contributed by atoms with Crippen molar-refractivity contribution in [2.75, 3.05) is 44.3 Å². The number of carbonyl (C=O) groups excluding carboxylic acids is 2. The fourth-order valence-corrected chi connectivity index (χ4v) is 3.93. The summed E-state index contributed by atoms with van der Waals surface area (Å²) in [7, 11) is 0. The minimum absolute atomic E-state index is 0.0512. The van der Waals surface area contributed by atoms with Crippen LogP contribution in [0.5, 0.6) is 0 Å². The molecule has 1 aromatic rings. The van der Waals surface area contributed by atoms with E-state index < -0.39 is 6.04 Å². The molecule has 1 atom stereocenters. The van der Waals surface area contributed by atoms with Gasteiger partial charge < -0.3 is 10.1 Å². The summed E-state index contributed by atoms with van der Waals surface area (Å²) in [5.41, 5.74) is 2.05. The molecule has 0 saturated carbocycles. The molecule has 6 heteroatoms.